The summed E-state index contributed by atoms with van der Waals surface area (Å²) in [6.07, 6.45) is 3.23. The third-order valence-corrected chi connectivity index (χ3v) is 1.60. The lowest BCUT2D eigenvalue weighted by molar-refractivity contribution is -0.137. The van der Waals surface area contributed by atoms with Gasteiger partial charge in [-0.25, -0.2) is 4.98 Å². The Labute approximate surface area is 69.8 Å². The minimum atomic E-state index is -0.824. The smallest absolute Gasteiger partial charge is 0.305 e. The van der Waals surface area contributed by atoms with Crippen LogP contribution in [0.3, 0.4) is 0 Å². The van der Waals surface area contributed by atoms with E-state index in [1.54, 1.807) is 17.7 Å². The Morgan fingerprint density at radius 2 is 2.58 bits per heavy atom. The van der Waals surface area contributed by atoms with Crippen molar-refractivity contribution in [3.8, 4) is 0 Å². The van der Waals surface area contributed by atoms with E-state index in [2.05, 4.69) is 4.98 Å². The van der Waals surface area contributed by atoms with Crippen molar-refractivity contribution < 1.29 is 9.90 Å². The number of nitrogens with zero attached hydrogens (tertiary/aromatic N) is 2. The van der Waals surface area contributed by atoms with Gasteiger partial charge in [0.05, 0.1) is 12.7 Å². The molecule has 1 unspecified atom stereocenters. The molecule has 1 aromatic heterocycles. The van der Waals surface area contributed by atoms with Crippen LogP contribution in [0.2, 0.25) is 0 Å². The highest BCUT2D eigenvalue weighted by Gasteiger charge is 2.08. The van der Waals surface area contributed by atoms with Gasteiger partial charge in [0, 0.05) is 12.2 Å². The van der Waals surface area contributed by atoms with E-state index >= 15 is 0 Å². The fraction of sp³-hybridized carbons (Fsp3) is 0.429. The van der Waals surface area contributed by atoms with Crippen molar-refractivity contribution in [1.82, 2.24) is 9.55 Å². The molecule has 0 bridgehead atoms. The van der Waals surface area contributed by atoms with Gasteiger partial charge in [0.25, 0.3) is 0 Å². The topological polar surface area (TPSA) is 81.1 Å². The molecule has 3 N–H and O–H groups in total. The zero-order valence-electron chi connectivity index (χ0n) is 6.77. The molecule has 12 heavy (non-hydrogen) atoms. The second kappa shape index (κ2) is 3.25. The molecule has 1 atom stereocenters. The molecular formula is C7H11N3O2. The third-order valence-electron chi connectivity index (χ3n) is 1.60. The number of rotatable bonds is 3. The highest BCUT2D eigenvalue weighted by Crippen LogP contribution is 2.11. The first-order valence-corrected chi connectivity index (χ1v) is 3.60. The van der Waals surface area contributed by atoms with Crippen LogP contribution in [0.5, 0.6) is 0 Å². The number of aliphatic carboxylic acids is 1. The van der Waals surface area contributed by atoms with Crippen LogP contribution >= 0.6 is 0 Å². The summed E-state index contributed by atoms with van der Waals surface area (Å²) in [5.74, 6) is -0.415. The number of aromatic nitrogens is 2. The summed E-state index contributed by atoms with van der Waals surface area (Å²) in [5.41, 5.74) is 5.37. The van der Waals surface area contributed by atoms with E-state index in [0.717, 1.165) is 0 Å². The van der Waals surface area contributed by atoms with Crippen molar-refractivity contribution in [2.45, 2.75) is 19.4 Å². The molecule has 0 aliphatic carbocycles. The number of anilines is 1. The summed E-state index contributed by atoms with van der Waals surface area (Å²) in [6.45, 7) is 1.80. The van der Waals surface area contributed by atoms with Gasteiger partial charge in [0.2, 0.25) is 0 Å². The van der Waals surface area contributed by atoms with Crippen LogP contribution in [0, 0.1) is 0 Å². The standard InChI is InChI=1S/C7H11N3O2/c1-5(2-7(11)12)10-3-6(8)9-4-10/h3-5H,2,8H2,1H3,(H,11,12). The van der Waals surface area contributed by atoms with E-state index in [-0.39, 0.29) is 12.5 Å². The first-order valence-electron chi connectivity index (χ1n) is 3.60. The lowest BCUT2D eigenvalue weighted by Gasteiger charge is -2.08. The highest BCUT2D eigenvalue weighted by molar-refractivity contribution is 5.67. The summed E-state index contributed by atoms with van der Waals surface area (Å²) < 4.78 is 1.68. The van der Waals surface area contributed by atoms with E-state index in [0.29, 0.717) is 5.82 Å². The summed E-state index contributed by atoms with van der Waals surface area (Å²) in [6, 6.07) is -0.104. The maximum Gasteiger partial charge on any atom is 0.305 e. The Morgan fingerprint density at radius 3 is 3.00 bits per heavy atom. The van der Waals surface area contributed by atoms with Crippen LogP contribution in [-0.2, 0) is 4.79 Å². The summed E-state index contributed by atoms with van der Waals surface area (Å²) in [5, 5.41) is 8.49. The van der Waals surface area contributed by atoms with Crippen LogP contribution < -0.4 is 5.73 Å². The van der Waals surface area contributed by atoms with E-state index < -0.39 is 5.97 Å². The first-order chi connectivity index (χ1) is 5.59. The second-order valence-electron chi connectivity index (χ2n) is 2.69. The molecular weight excluding hydrogens is 158 g/mol. The minimum Gasteiger partial charge on any atom is -0.481 e. The van der Waals surface area contributed by atoms with E-state index in [1.807, 2.05) is 0 Å². The molecule has 5 heteroatoms. The average molecular weight is 169 g/mol. The molecule has 66 valence electrons. The zero-order chi connectivity index (χ0) is 9.14. The van der Waals surface area contributed by atoms with Crippen molar-refractivity contribution in [2.24, 2.45) is 0 Å². The zero-order valence-corrected chi connectivity index (χ0v) is 6.77. The van der Waals surface area contributed by atoms with E-state index in [1.165, 1.54) is 6.33 Å². The number of hydrogen-bond donors (Lipinski definition) is 2. The van der Waals surface area contributed by atoms with Gasteiger partial charge in [-0.1, -0.05) is 0 Å². The number of nitrogen functional groups attached to an aromatic ring is 1. The number of imidazole rings is 1. The number of hydrogen-bond acceptors (Lipinski definition) is 3. The molecule has 0 aliphatic rings. The summed E-state index contributed by atoms with van der Waals surface area (Å²) >= 11 is 0. The highest BCUT2D eigenvalue weighted by atomic mass is 16.4. The normalized spacial score (nSPS) is 12.8. The molecule has 1 aromatic rings. The predicted octanol–water partition coefficient (Wildman–Crippen LogP) is 0.501. The van der Waals surface area contributed by atoms with Crippen molar-refractivity contribution in [3.63, 3.8) is 0 Å². The van der Waals surface area contributed by atoms with E-state index in [4.69, 9.17) is 10.8 Å². The first kappa shape index (κ1) is 8.58. The van der Waals surface area contributed by atoms with Gasteiger partial charge in [-0.05, 0) is 6.92 Å². The Bertz CT molecular complexity index is 282. The molecule has 1 rings (SSSR count). The van der Waals surface area contributed by atoms with Crippen molar-refractivity contribution in [3.05, 3.63) is 12.5 Å². The van der Waals surface area contributed by atoms with Crippen LogP contribution in [0.4, 0.5) is 5.82 Å². The lowest BCUT2D eigenvalue weighted by Crippen LogP contribution is -2.08. The molecule has 0 saturated carbocycles. The van der Waals surface area contributed by atoms with Crippen LogP contribution in [0.15, 0.2) is 12.5 Å². The van der Waals surface area contributed by atoms with Crippen LogP contribution in [0.1, 0.15) is 19.4 Å². The van der Waals surface area contributed by atoms with Gasteiger partial charge in [-0.2, -0.15) is 0 Å². The molecule has 0 radical (unpaired) electrons. The molecule has 0 fully saturated rings. The second-order valence-corrected chi connectivity index (χ2v) is 2.69. The van der Waals surface area contributed by atoms with Gasteiger partial charge in [0.1, 0.15) is 5.82 Å². The van der Waals surface area contributed by atoms with Crippen LogP contribution in [-0.4, -0.2) is 20.6 Å². The minimum absolute atomic E-state index is 0.0792. The van der Waals surface area contributed by atoms with E-state index in [9.17, 15) is 4.79 Å². The lowest BCUT2D eigenvalue weighted by atomic mass is 10.2. The molecule has 0 saturated heterocycles. The molecule has 0 spiro atoms. The fourth-order valence-electron chi connectivity index (χ4n) is 0.952. The number of carbonyl (C=O) groups is 1. The van der Waals surface area contributed by atoms with Gasteiger partial charge < -0.3 is 15.4 Å². The molecule has 5 nitrogen and oxygen atoms in total. The molecule has 1 heterocycles. The molecule has 0 aromatic carbocycles. The third kappa shape index (κ3) is 1.98. The Balaban J connectivity index is 2.64. The number of carboxylic acid groups (broad SMARTS) is 1. The number of carboxylic acids is 1. The summed E-state index contributed by atoms with van der Waals surface area (Å²) in [4.78, 5) is 14.1. The largest absolute Gasteiger partial charge is 0.481 e. The van der Waals surface area contributed by atoms with Crippen LogP contribution in [0.25, 0.3) is 0 Å². The maximum absolute atomic E-state index is 10.3. The predicted molar refractivity (Wildman–Crippen MR) is 43.6 cm³/mol. The Hall–Kier alpha value is -1.52. The van der Waals surface area contributed by atoms with Crippen molar-refractivity contribution >= 4 is 11.8 Å². The quantitative estimate of drug-likeness (QED) is 0.690. The van der Waals surface area contributed by atoms with Crippen molar-refractivity contribution in [1.29, 1.82) is 0 Å². The summed E-state index contributed by atoms with van der Waals surface area (Å²) in [7, 11) is 0. The Kier molecular flexibility index (Phi) is 2.32. The Morgan fingerprint density at radius 1 is 1.92 bits per heavy atom. The van der Waals surface area contributed by atoms with Gasteiger partial charge in [0.15, 0.2) is 0 Å². The van der Waals surface area contributed by atoms with Gasteiger partial charge in [-0.3, -0.25) is 4.79 Å². The number of nitrogens with two attached hydrogens (primary N) is 1. The fourth-order valence-corrected chi connectivity index (χ4v) is 0.952. The monoisotopic (exact) mass is 169 g/mol. The van der Waals surface area contributed by atoms with Gasteiger partial charge >= 0.3 is 5.97 Å². The van der Waals surface area contributed by atoms with Gasteiger partial charge in [-0.15, -0.1) is 0 Å². The SMILES string of the molecule is CC(CC(=O)O)n1cnc(N)c1. The molecule has 0 aliphatic heterocycles. The average Bonchev–Trinajstić information content (AvgIpc) is 2.34. The van der Waals surface area contributed by atoms with Crippen molar-refractivity contribution in [2.75, 3.05) is 5.73 Å². The maximum atomic E-state index is 10.3. The molecule has 0 amide bonds.